The van der Waals surface area contributed by atoms with Gasteiger partial charge in [0.25, 0.3) is 0 Å². The third-order valence-electron chi connectivity index (χ3n) is 3.53. The molecule has 3 nitrogen and oxygen atoms in total. The van der Waals surface area contributed by atoms with E-state index in [0.29, 0.717) is 12.8 Å². The van der Waals surface area contributed by atoms with Crippen LogP contribution in [0.5, 0.6) is 0 Å². The van der Waals surface area contributed by atoms with Gasteiger partial charge in [0.05, 0.1) is 6.42 Å². The lowest BCUT2D eigenvalue weighted by Crippen LogP contribution is -2.44. The molecule has 0 saturated heterocycles. The number of hydrogen-bond acceptors (Lipinski definition) is 2. The van der Waals surface area contributed by atoms with Gasteiger partial charge in [0, 0.05) is 18.0 Å². The fourth-order valence-corrected chi connectivity index (χ4v) is 2.42. The lowest BCUT2D eigenvalue weighted by Gasteiger charge is -2.31. The third kappa shape index (κ3) is 4.84. The second-order valence-electron chi connectivity index (χ2n) is 5.38. The van der Waals surface area contributed by atoms with Crippen LogP contribution in [0.1, 0.15) is 39.5 Å². The molecule has 4 atom stereocenters. The molecule has 1 rings (SSSR count). The van der Waals surface area contributed by atoms with Gasteiger partial charge in [-0.05, 0) is 32.1 Å². The first-order valence-corrected chi connectivity index (χ1v) is 6.31. The van der Waals surface area contributed by atoms with E-state index in [1.165, 1.54) is 6.92 Å². The fraction of sp³-hybridized carbons (Fsp3) is 0.917. The lowest BCUT2D eigenvalue weighted by atomic mass is 9.79. The van der Waals surface area contributed by atoms with E-state index in [-0.39, 0.29) is 23.8 Å². The summed E-state index contributed by atoms with van der Waals surface area (Å²) in [7, 11) is 0. The number of alkyl halides is 3. The minimum Gasteiger partial charge on any atom is -0.353 e. The van der Waals surface area contributed by atoms with Crippen molar-refractivity contribution in [1.82, 2.24) is 5.32 Å². The lowest BCUT2D eigenvalue weighted by molar-refractivity contribution is -0.142. The maximum absolute atomic E-state index is 12.1. The average molecular weight is 266 g/mol. The third-order valence-corrected chi connectivity index (χ3v) is 3.53. The molecule has 0 radical (unpaired) electrons. The summed E-state index contributed by atoms with van der Waals surface area (Å²) in [5, 5.41) is 2.44. The van der Waals surface area contributed by atoms with E-state index in [2.05, 4.69) is 5.32 Å². The Morgan fingerprint density at radius 3 is 2.56 bits per heavy atom. The molecule has 0 aromatic heterocycles. The van der Waals surface area contributed by atoms with Gasteiger partial charge < -0.3 is 11.1 Å². The van der Waals surface area contributed by atoms with E-state index in [0.717, 1.165) is 6.42 Å². The predicted molar refractivity (Wildman–Crippen MR) is 62.8 cm³/mol. The van der Waals surface area contributed by atoms with Crippen LogP contribution in [0.4, 0.5) is 13.2 Å². The van der Waals surface area contributed by atoms with Crippen molar-refractivity contribution < 1.29 is 18.0 Å². The van der Waals surface area contributed by atoms with Gasteiger partial charge in [-0.3, -0.25) is 4.79 Å². The fourth-order valence-electron chi connectivity index (χ4n) is 2.42. The van der Waals surface area contributed by atoms with Crippen LogP contribution in [-0.4, -0.2) is 24.2 Å². The van der Waals surface area contributed by atoms with E-state index in [4.69, 9.17) is 5.73 Å². The van der Waals surface area contributed by atoms with Crippen LogP contribution in [0.2, 0.25) is 0 Å². The Bertz CT molecular complexity index is 294. The van der Waals surface area contributed by atoms with Crippen molar-refractivity contribution >= 4 is 5.91 Å². The van der Waals surface area contributed by atoms with Crippen molar-refractivity contribution in [3.8, 4) is 0 Å². The maximum Gasteiger partial charge on any atom is 0.391 e. The van der Waals surface area contributed by atoms with Crippen LogP contribution in [0.3, 0.4) is 0 Å². The first-order chi connectivity index (χ1) is 8.19. The van der Waals surface area contributed by atoms with Gasteiger partial charge in [-0.25, -0.2) is 0 Å². The highest BCUT2D eigenvalue weighted by Crippen LogP contribution is 2.28. The smallest absolute Gasteiger partial charge is 0.353 e. The normalized spacial score (nSPS) is 30.9. The van der Waals surface area contributed by atoms with Gasteiger partial charge in [-0.2, -0.15) is 13.2 Å². The number of carbonyl (C=O) groups is 1. The number of amides is 1. The molecule has 0 aromatic carbocycles. The van der Waals surface area contributed by atoms with Gasteiger partial charge in [0.1, 0.15) is 0 Å². The number of carbonyl (C=O) groups excluding carboxylic acids is 1. The van der Waals surface area contributed by atoms with Gasteiger partial charge in [0.2, 0.25) is 5.91 Å². The summed E-state index contributed by atoms with van der Waals surface area (Å²) in [4.78, 5) is 11.8. The summed E-state index contributed by atoms with van der Waals surface area (Å²) >= 11 is 0. The van der Waals surface area contributed by atoms with Crippen LogP contribution in [0.25, 0.3) is 0 Å². The molecule has 1 amide bonds. The Hall–Kier alpha value is -0.780. The zero-order chi connectivity index (χ0) is 13.9. The van der Waals surface area contributed by atoms with E-state index in [9.17, 15) is 18.0 Å². The SMILES string of the molecule is CC(CC(F)(F)F)NC(=O)C1CCC(N)C(C)C1. The summed E-state index contributed by atoms with van der Waals surface area (Å²) in [5.74, 6) is -0.228. The molecule has 1 fully saturated rings. The number of hydrogen-bond donors (Lipinski definition) is 2. The van der Waals surface area contributed by atoms with Crippen molar-refractivity contribution in [3.05, 3.63) is 0 Å². The summed E-state index contributed by atoms with van der Waals surface area (Å²) in [6, 6.07) is -0.773. The Morgan fingerprint density at radius 1 is 1.44 bits per heavy atom. The Labute approximate surface area is 105 Å². The largest absolute Gasteiger partial charge is 0.391 e. The summed E-state index contributed by atoms with van der Waals surface area (Å²) in [5.41, 5.74) is 5.84. The molecule has 6 heteroatoms. The molecule has 18 heavy (non-hydrogen) atoms. The van der Waals surface area contributed by atoms with Gasteiger partial charge in [-0.1, -0.05) is 6.92 Å². The first kappa shape index (κ1) is 15.3. The van der Waals surface area contributed by atoms with Crippen LogP contribution in [-0.2, 0) is 4.79 Å². The molecule has 0 bridgehead atoms. The van der Waals surface area contributed by atoms with Crippen molar-refractivity contribution in [2.75, 3.05) is 0 Å². The summed E-state index contributed by atoms with van der Waals surface area (Å²) in [6.07, 6.45) is -3.15. The van der Waals surface area contributed by atoms with Gasteiger partial charge >= 0.3 is 6.18 Å². The Morgan fingerprint density at radius 2 is 2.06 bits per heavy atom. The van der Waals surface area contributed by atoms with Crippen molar-refractivity contribution in [1.29, 1.82) is 0 Å². The van der Waals surface area contributed by atoms with Crippen molar-refractivity contribution in [3.63, 3.8) is 0 Å². The highest BCUT2D eigenvalue weighted by atomic mass is 19.4. The monoisotopic (exact) mass is 266 g/mol. The minimum atomic E-state index is -4.24. The van der Waals surface area contributed by atoms with Crippen LogP contribution < -0.4 is 11.1 Å². The van der Waals surface area contributed by atoms with E-state index in [1.54, 1.807) is 0 Å². The highest BCUT2D eigenvalue weighted by Gasteiger charge is 2.33. The number of nitrogens with two attached hydrogens (primary N) is 1. The zero-order valence-electron chi connectivity index (χ0n) is 10.8. The summed E-state index contributed by atoms with van der Waals surface area (Å²) < 4.78 is 36.4. The summed E-state index contributed by atoms with van der Waals surface area (Å²) in [6.45, 7) is 3.35. The van der Waals surface area contributed by atoms with Crippen molar-refractivity contribution in [2.45, 2.75) is 57.8 Å². The molecule has 0 aromatic rings. The molecule has 4 unspecified atom stereocenters. The number of nitrogens with one attached hydrogen (secondary N) is 1. The molecule has 0 spiro atoms. The Balaban J connectivity index is 2.41. The molecule has 0 heterocycles. The number of rotatable bonds is 3. The van der Waals surface area contributed by atoms with E-state index >= 15 is 0 Å². The maximum atomic E-state index is 12.1. The molecular weight excluding hydrogens is 245 g/mol. The van der Waals surface area contributed by atoms with Crippen LogP contribution >= 0.6 is 0 Å². The molecule has 1 saturated carbocycles. The molecule has 0 aliphatic heterocycles. The second kappa shape index (κ2) is 5.91. The minimum absolute atomic E-state index is 0.0987. The first-order valence-electron chi connectivity index (χ1n) is 6.31. The molecular formula is C12H21F3N2O. The van der Waals surface area contributed by atoms with E-state index < -0.39 is 18.6 Å². The zero-order valence-corrected chi connectivity index (χ0v) is 10.8. The van der Waals surface area contributed by atoms with Crippen molar-refractivity contribution in [2.24, 2.45) is 17.6 Å². The molecule has 1 aliphatic carbocycles. The van der Waals surface area contributed by atoms with E-state index in [1.807, 2.05) is 6.92 Å². The Kier molecular flexibility index (Phi) is 5.01. The second-order valence-corrected chi connectivity index (χ2v) is 5.38. The standard InChI is InChI=1S/C12H21F3N2O/c1-7-5-9(3-4-10(7)16)11(18)17-8(2)6-12(13,14)15/h7-10H,3-6,16H2,1-2H3,(H,17,18). The van der Waals surface area contributed by atoms with Gasteiger partial charge in [-0.15, -0.1) is 0 Å². The topological polar surface area (TPSA) is 55.1 Å². The van der Waals surface area contributed by atoms with Crippen LogP contribution in [0, 0.1) is 11.8 Å². The predicted octanol–water partition coefficient (Wildman–Crippen LogP) is 2.21. The average Bonchev–Trinajstić information content (AvgIpc) is 2.18. The quantitative estimate of drug-likeness (QED) is 0.823. The molecule has 3 N–H and O–H groups in total. The highest BCUT2D eigenvalue weighted by molar-refractivity contribution is 5.79. The number of halogens is 3. The van der Waals surface area contributed by atoms with Gasteiger partial charge in [0.15, 0.2) is 0 Å². The molecule has 1 aliphatic rings. The van der Waals surface area contributed by atoms with Crippen LogP contribution in [0.15, 0.2) is 0 Å². The molecule has 106 valence electrons.